The van der Waals surface area contributed by atoms with Crippen molar-refractivity contribution in [1.29, 1.82) is 0 Å². The first-order valence-electron chi connectivity index (χ1n) is 10.3. The van der Waals surface area contributed by atoms with E-state index in [0.29, 0.717) is 13.0 Å². The summed E-state index contributed by atoms with van der Waals surface area (Å²) >= 11 is 0. The number of hydrogen-bond acceptors (Lipinski definition) is 2. The minimum absolute atomic E-state index is 0.161. The molecule has 0 bridgehead atoms. The molecular weight excluding hydrogens is 348 g/mol. The van der Waals surface area contributed by atoms with Gasteiger partial charge in [0.15, 0.2) is 0 Å². The lowest BCUT2D eigenvalue weighted by molar-refractivity contribution is -0.145. The van der Waals surface area contributed by atoms with Crippen molar-refractivity contribution in [2.24, 2.45) is 17.1 Å². The second kappa shape index (κ2) is 7.78. The lowest BCUT2D eigenvalue weighted by Crippen LogP contribution is -2.54. The van der Waals surface area contributed by atoms with E-state index in [0.717, 1.165) is 49.8 Å². The van der Waals surface area contributed by atoms with E-state index in [1.54, 1.807) is 0 Å². The minimum atomic E-state index is -0.661. The average molecular weight is 377 g/mol. The van der Waals surface area contributed by atoms with Gasteiger partial charge in [-0.25, -0.2) is 0 Å². The second-order valence-electron chi connectivity index (χ2n) is 8.38. The van der Waals surface area contributed by atoms with Crippen LogP contribution in [-0.4, -0.2) is 29.8 Å². The molecule has 4 heteroatoms. The molecule has 146 valence electrons. The third-order valence-electron chi connectivity index (χ3n) is 6.47. The predicted octanol–water partition coefficient (Wildman–Crippen LogP) is 3.79. The molecule has 2 aromatic carbocycles. The van der Waals surface area contributed by atoms with Gasteiger partial charge >= 0.3 is 0 Å². The Bertz CT molecular complexity index is 843. The summed E-state index contributed by atoms with van der Waals surface area (Å²) in [4.78, 5) is 27.1. The number of nitrogens with zero attached hydrogens (tertiary/aromatic N) is 1. The van der Waals surface area contributed by atoms with Crippen molar-refractivity contribution >= 4 is 11.8 Å². The van der Waals surface area contributed by atoms with Crippen LogP contribution >= 0.6 is 0 Å². The van der Waals surface area contributed by atoms with Crippen LogP contribution in [0.3, 0.4) is 0 Å². The van der Waals surface area contributed by atoms with E-state index < -0.39 is 5.41 Å². The van der Waals surface area contributed by atoms with Gasteiger partial charge in [0.1, 0.15) is 0 Å². The molecule has 28 heavy (non-hydrogen) atoms. The van der Waals surface area contributed by atoms with Crippen LogP contribution in [0.2, 0.25) is 0 Å². The monoisotopic (exact) mass is 376 g/mol. The Morgan fingerprint density at radius 3 is 2.25 bits per heavy atom. The van der Waals surface area contributed by atoms with Gasteiger partial charge in [0, 0.05) is 19.0 Å². The fourth-order valence-corrected chi connectivity index (χ4v) is 4.50. The van der Waals surface area contributed by atoms with Crippen LogP contribution in [-0.2, 0) is 16.0 Å². The maximum absolute atomic E-state index is 12.7. The van der Waals surface area contributed by atoms with E-state index in [1.165, 1.54) is 5.56 Å². The van der Waals surface area contributed by atoms with Crippen LogP contribution in [0, 0.1) is 11.3 Å². The van der Waals surface area contributed by atoms with Crippen molar-refractivity contribution in [2.45, 2.75) is 38.5 Å². The topological polar surface area (TPSA) is 63.4 Å². The highest BCUT2D eigenvalue weighted by Gasteiger charge is 2.43. The zero-order valence-corrected chi connectivity index (χ0v) is 16.3. The van der Waals surface area contributed by atoms with Gasteiger partial charge < -0.3 is 10.6 Å². The molecule has 1 saturated carbocycles. The zero-order valence-electron chi connectivity index (χ0n) is 16.3. The summed E-state index contributed by atoms with van der Waals surface area (Å²) in [6.45, 7) is 1.20. The summed E-state index contributed by atoms with van der Waals surface area (Å²) in [5.74, 6) is 0.0931. The molecular formula is C24H28N2O2. The molecule has 0 spiro atoms. The van der Waals surface area contributed by atoms with Crippen LogP contribution in [0.1, 0.15) is 37.7 Å². The number of rotatable bonds is 5. The fourth-order valence-electron chi connectivity index (χ4n) is 4.50. The minimum Gasteiger partial charge on any atom is -0.369 e. The number of hydrogen-bond donors (Lipinski definition) is 1. The van der Waals surface area contributed by atoms with Crippen molar-refractivity contribution in [3.63, 3.8) is 0 Å². The number of primary amides is 1. The summed E-state index contributed by atoms with van der Waals surface area (Å²) < 4.78 is 0. The molecule has 1 aliphatic heterocycles. The molecule has 2 aromatic rings. The second-order valence-corrected chi connectivity index (χ2v) is 8.38. The van der Waals surface area contributed by atoms with E-state index in [-0.39, 0.29) is 17.7 Å². The third kappa shape index (κ3) is 3.68. The molecule has 2 amide bonds. The lowest BCUT2D eigenvalue weighted by Gasteiger charge is -2.43. The van der Waals surface area contributed by atoms with Crippen LogP contribution in [0.25, 0.3) is 11.1 Å². The number of nitrogens with two attached hydrogens (primary N) is 1. The van der Waals surface area contributed by atoms with Crippen molar-refractivity contribution in [3.8, 4) is 11.1 Å². The average Bonchev–Trinajstić information content (AvgIpc) is 2.68. The molecule has 4 nitrogen and oxygen atoms in total. The Hall–Kier alpha value is -2.62. The van der Waals surface area contributed by atoms with Gasteiger partial charge in [-0.1, -0.05) is 61.0 Å². The van der Waals surface area contributed by atoms with Gasteiger partial charge in [-0.2, -0.15) is 0 Å². The highest BCUT2D eigenvalue weighted by Crippen LogP contribution is 2.37. The number of benzene rings is 2. The normalized spacial score (nSPS) is 22.5. The Labute approximate surface area is 166 Å². The molecule has 1 saturated heterocycles. The Morgan fingerprint density at radius 1 is 0.964 bits per heavy atom. The summed E-state index contributed by atoms with van der Waals surface area (Å²) in [7, 11) is 0. The number of likely N-dealkylation sites (tertiary alicyclic amines) is 1. The molecule has 1 heterocycles. The molecule has 1 aliphatic carbocycles. The van der Waals surface area contributed by atoms with E-state index in [4.69, 9.17) is 5.73 Å². The maximum atomic E-state index is 12.7. The largest absolute Gasteiger partial charge is 0.369 e. The molecule has 2 aliphatic rings. The van der Waals surface area contributed by atoms with Gasteiger partial charge in [-0.3, -0.25) is 9.59 Å². The van der Waals surface area contributed by atoms with Gasteiger partial charge in [0.2, 0.25) is 11.8 Å². The summed E-state index contributed by atoms with van der Waals surface area (Å²) in [5.41, 5.74) is 8.64. The van der Waals surface area contributed by atoms with Crippen LogP contribution in [0.4, 0.5) is 0 Å². The Morgan fingerprint density at radius 2 is 1.64 bits per heavy atom. The Kier molecular flexibility index (Phi) is 5.21. The number of piperidine rings is 1. The van der Waals surface area contributed by atoms with Crippen LogP contribution in [0.5, 0.6) is 0 Å². The molecule has 0 unspecified atom stereocenters. The molecule has 2 fully saturated rings. The first-order valence-corrected chi connectivity index (χ1v) is 10.3. The highest BCUT2D eigenvalue weighted by atomic mass is 16.2. The van der Waals surface area contributed by atoms with E-state index in [9.17, 15) is 9.59 Å². The maximum Gasteiger partial charge on any atom is 0.225 e. The van der Waals surface area contributed by atoms with Gasteiger partial charge in [-0.05, 0) is 48.8 Å². The summed E-state index contributed by atoms with van der Waals surface area (Å²) in [5, 5.41) is 0. The predicted molar refractivity (Wildman–Crippen MR) is 110 cm³/mol. The van der Waals surface area contributed by atoms with E-state index in [1.807, 2.05) is 23.1 Å². The quantitative estimate of drug-likeness (QED) is 0.863. The van der Waals surface area contributed by atoms with Gasteiger partial charge in [-0.15, -0.1) is 0 Å². The Balaban J connectivity index is 1.51. The molecule has 1 atom stereocenters. The van der Waals surface area contributed by atoms with Crippen molar-refractivity contribution in [1.82, 2.24) is 4.90 Å². The first kappa shape index (κ1) is 18.7. The van der Waals surface area contributed by atoms with Gasteiger partial charge in [0.05, 0.1) is 5.41 Å². The molecule has 2 N–H and O–H groups in total. The van der Waals surface area contributed by atoms with Gasteiger partial charge in [0.25, 0.3) is 0 Å². The van der Waals surface area contributed by atoms with Crippen molar-refractivity contribution in [2.75, 3.05) is 13.1 Å². The summed E-state index contributed by atoms with van der Waals surface area (Å²) in [6.07, 6.45) is 5.28. The summed E-state index contributed by atoms with van der Waals surface area (Å²) in [6, 6.07) is 18.6. The van der Waals surface area contributed by atoms with E-state index in [2.05, 4.69) is 36.4 Å². The lowest BCUT2D eigenvalue weighted by atomic mass is 9.73. The van der Waals surface area contributed by atoms with Crippen LogP contribution < -0.4 is 5.73 Å². The smallest absolute Gasteiger partial charge is 0.225 e. The highest BCUT2D eigenvalue weighted by molar-refractivity contribution is 5.84. The van der Waals surface area contributed by atoms with E-state index >= 15 is 0 Å². The third-order valence-corrected chi connectivity index (χ3v) is 6.47. The van der Waals surface area contributed by atoms with Crippen molar-refractivity contribution < 1.29 is 9.59 Å². The number of amides is 2. The SMILES string of the molecule is NC(=O)[C@]1(Cc2ccc(-c3ccccc3)cc2)CCCN(C(=O)C2CCC2)C1. The fraction of sp³-hybridized carbons (Fsp3) is 0.417. The van der Waals surface area contributed by atoms with Crippen LogP contribution in [0.15, 0.2) is 54.6 Å². The molecule has 4 rings (SSSR count). The number of carbonyl (C=O) groups is 2. The standard InChI is InChI=1S/C24H28N2O2/c25-23(28)24(14-5-15-26(17-24)22(27)21-8-4-9-21)16-18-10-12-20(13-11-18)19-6-2-1-3-7-19/h1-3,6-7,10-13,21H,4-5,8-9,14-17H2,(H2,25,28)/t24-/m0/s1. The molecule has 0 aromatic heterocycles. The van der Waals surface area contributed by atoms with Crippen molar-refractivity contribution in [3.05, 3.63) is 60.2 Å². The number of carbonyl (C=O) groups excluding carboxylic acids is 2. The first-order chi connectivity index (χ1) is 13.6. The zero-order chi connectivity index (χ0) is 19.6. The molecule has 0 radical (unpaired) electrons.